The maximum Gasteiger partial charge on any atom is 0.122 e. The average Bonchev–Trinajstić information content (AvgIpc) is 2.31. The van der Waals surface area contributed by atoms with Crippen molar-refractivity contribution in [2.45, 2.75) is 32.6 Å². The minimum atomic E-state index is 0.651. The predicted octanol–water partition coefficient (Wildman–Crippen LogP) is 4.11. The first kappa shape index (κ1) is 10.3. The molecule has 0 aromatic carbocycles. The molecule has 1 heteroatoms. The Morgan fingerprint density at radius 3 is 3.07 bits per heavy atom. The van der Waals surface area contributed by atoms with Crippen molar-refractivity contribution in [1.29, 1.82) is 0 Å². The summed E-state index contributed by atoms with van der Waals surface area (Å²) in [4.78, 5) is 0. The molecule has 0 saturated carbocycles. The molecule has 0 bridgehead atoms. The third-order valence-electron chi connectivity index (χ3n) is 2.86. The van der Waals surface area contributed by atoms with Crippen molar-refractivity contribution in [1.82, 2.24) is 0 Å². The van der Waals surface area contributed by atoms with E-state index in [4.69, 9.17) is 4.74 Å². The number of ether oxygens (including phenoxy) is 1. The van der Waals surface area contributed by atoms with Crippen LogP contribution in [0.15, 0.2) is 48.0 Å². The highest BCUT2D eigenvalue weighted by Crippen LogP contribution is 2.25. The summed E-state index contributed by atoms with van der Waals surface area (Å²) in [7, 11) is 0. The van der Waals surface area contributed by atoms with Gasteiger partial charge in [0.05, 0.1) is 0 Å². The maximum absolute atomic E-state index is 5.85. The highest BCUT2D eigenvalue weighted by atomic mass is 16.5. The van der Waals surface area contributed by atoms with Crippen LogP contribution in [0.2, 0.25) is 0 Å². The summed E-state index contributed by atoms with van der Waals surface area (Å²) >= 11 is 0. The first-order chi connectivity index (χ1) is 7.38. The normalized spacial score (nSPS) is 24.7. The first-order valence-electron chi connectivity index (χ1n) is 5.80. The number of rotatable bonds is 3. The first-order valence-corrected chi connectivity index (χ1v) is 5.80. The molecule has 2 rings (SSSR count). The van der Waals surface area contributed by atoms with Crippen LogP contribution in [0.25, 0.3) is 0 Å². The van der Waals surface area contributed by atoms with Crippen LogP contribution in [0.4, 0.5) is 0 Å². The zero-order valence-electron chi connectivity index (χ0n) is 9.28. The molecule has 2 aliphatic rings. The largest absolute Gasteiger partial charge is 0.462 e. The van der Waals surface area contributed by atoms with E-state index in [2.05, 4.69) is 43.4 Å². The summed E-state index contributed by atoms with van der Waals surface area (Å²) in [6.07, 6.45) is 17.3. The molecule has 1 nitrogen and oxygen atoms in total. The molecule has 1 atom stereocenters. The van der Waals surface area contributed by atoms with Crippen LogP contribution in [0.5, 0.6) is 0 Å². The summed E-state index contributed by atoms with van der Waals surface area (Å²) in [6, 6.07) is 0. The highest BCUT2D eigenvalue weighted by molar-refractivity contribution is 5.22. The van der Waals surface area contributed by atoms with Gasteiger partial charge in [0.1, 0.15) is 11.5 Å². The van der Waals surface area contributed by atoms with Crippen LogP contribution in [-0.2, 0) is 4.74 Å². The molecule has 80 valence electrons. The average molecular weight is 202 g/mol. The SMILES string of the molecule is CCC1C=CC=C(OC2=CCCC=C2)C1. The summed E-state index contributed by atoms with van der Waals surface area (Å²) in [5.41, 5.74) is 0. The third kappa shape index (κ3) is 2.85. The molecule has 0 fully saturated rings. The second kappa shape index (κ2) is 5.01. The number of hydrogen-bond donors (Lipinski definition) is 0. The van der Waals surface area contributed by atoms with Gasteiger partial charge in [-0.3, -0.25) is 0 Å². The Bertz CT molecular complexity index is 331. The van der Waals surface area contributed by atoms with E-state index in [1.807, 2.05) is 0 Å². The molecule has 0 radical (unpaired) electrons. The van der Waals surface area contributed by atoms with Crippen LogP contribution in [-0.4, -0.2) is 0 Å². The predicted molar refractivity (Wildman–Crippen MR) is 63.2 cm³/mol. The van der Waals surface area contributed by atoms with Gasteiger partial charge in [0.2, 0.25) is 0 Å². The van der Waals surface area contributed by atoms with Crippen LogP contribution < -0.4 is 0 Å². The maximum atomic E-state index is 5.85. The van der Waals surface area contributed by atoms with Crippen molar-refractivity contribution in [3.63, 3.8) is 0 Å². The molecule has 0 heterocycles. The Morgan fingerprint density at radius 2 is 2.33 bits per heavy atom. The molecule has 0 aromatic rings. The standard InChI is InChI=1S/C14H18O/c1-2-12-7-6-10-14(11-12)15-13-8-4-3-5-9-13/h4,6-10,12H,2-3,5,11H2,1H3. The smallest absolute Gasteiger partial charge is 0.122 e. The van der Waals surface area contributed by atoms with E-state index in [0.717, 1.165) is 30.8 Å². The van der Waals surface area contributed by atoms with Gasteiger partial charge in [-0.25, -0.2) is 0 Å². The number of allylic oxidation sites excluding steroid dienone is 7. The molecule has 0 saturated heterocycles. The minimum absolute atomic E-state index is 0.651. The van der Waals surface area contributed by atoms with E-state index in [1.54, 1.807) is 0 Å². The van der Waals surface area contributed by atoms with E-state index in [0.29, 0.717) is 5.92 Å². The Kier molecular flexibility index (Phi) is 3.44. The monoisotopic (exact) mass is 202 g/mol. The molecule has 15 heavy (non-hydrogen) atoms. The summed E-state index contributed by atoms with van der Waals surface area (Å²) in [5.74, 6) is 2.76. The van der Waals surface area contributed by atoms with Crippen molar-refractivity contribution >= 4 is 0 Å². The van der Waals surface area contributed by atoms with Gasteiger partial charge in [-0.1, -0.05) is 25.2 Å². The summed E-state index contributed by atoms with van der Waals surface area (Å²) in [5, 5.41) is 0. The molecule has 0 aromatic heterocycles. The second-order valence-electron chi connectivity index (χ2n) is 4.08. The van der Waals surface area contributed by atoms with Crippen LogP contribution in [0.3, 0.4) is 0 Å². The zero-order valence-corrected chi connectivity index (χ0v) is 9.28. The van der Waals surface area contributed by atoms with Crippen molar-refractivity contribution in [3.05, 3.63) is 48.0 Å². The molecule has 1 unspecified atom stereocenters. The topological polar surface area (TPSA) is 9.23 Å². The van der Waals surface area contributed by atoms with Gasteiger partial charge in [0.25, 0.3) is 0 Å². The van der Waals surface area contributed by atoms with E-state index >= 15 is 0 Å². The van der Waals surface area contributed by atoms with Gasteiger partial charge in [-0.15, -0.1) is 0 Å². The number of hydrogen-bond acceptors (Lipinski definition) is 1. The lowest BCUT2D eigenvalue weighted by atomic mass is 9.97. The fraction of sp³-hybridized carbons (Fsp3) is 0.429. The molecule has 0 amide bonds. The molecule has 2 aliphatic carbocycles. The van der Waals surface area contributed by atoms with E-state index in [-0.39, 0.29) is 0 Å². The minimum Gasteiger partial charge on any atom is -0.462 e. The Balaban J connectivity index is 1.95. The van der Waals surface area contributed by atoms with E-state index in [9.17, 15) is 0 Å². The van der Waals surface area contributed by atoms with Gasteiger partial charge in [-0.2, -0.15) is 0 Å². The second-order valence-corrected chi connectivity index (χ2v) is 4.08. The highest BCUT2D eigenvalue weighted by Gasteiger charge is 2.11. The Morgan fingerprint density at radius 1 is 1.40 bits per heavy atom. The Hall–Kier alpha value is -1.24. The van der Waals surface area contributed by atoms with Gasteiger partial charge in [0.15, 0.2) is 0 Å². The van der Waals surface area contributed by atoms with Gasteiger partial charge < -0.3 is 4.74 Å². The molecular weight excluding hydrogens is 184 g/mol. The van der Waals surface area contributed by atoms with Crippen molar-refractivity contribution < 1.29 is 4.74 Å². The van der Waals surface area contributed by atoms with Gasteiger partial charge in [0, 0.05) is 6.42 Å². The van der Waals surface area contributed by atoms with Gasteiger partial charge >= 0.3 is 0 Å². The lowest BCUT2D eigenvalue weighted by molar-refractivity contribution is 0.286. The fourth-order valence-corrected chi connectivity index (χ4v) is 1.89. The van der Waals surface area contributed by atoms with Crippen molar-refractivity contribution in [2.75, 3.05) is 0 Å². The van der Waals surface area contributed by atoms with Crippen LogP contribution in [0.1, 0.15) is 32.6 Å². The molecule has 0 spiro atoms. The zero-order chi connectivity index (χ0) is 10.5. The third-order valence-corrected chi connectivity index (χ3v) is 2.86. The van der Waals surface area contributed by atoms with Crippen molar-refractivity contribution in [3.8, 4) is 0 Å². The van der Waals surface area contributed by atoms with Gasteiger partial charge in [-0.05, 0) is 43.4 Å². The molecule has 0 aliphatic heterocycles. The fourth-order valence-electron chi connectivity index (χ4n) is 1.89. The quantitative estimate of drug-likeness (QED) is 0.669. The lowest BCUT2D eigenvalue weighted by Gasteiger charge is -2.18. The Labute approximate surface area is 91.8 Å². The van der Waals surface area contributed by atoms with Crippen LogP contribution >= 0.6 is 0 Å². The summed E-state index contributed by atoms with van der Waals surface area (Å²) < 4.78 is 5.85. The molecular formula is C14H18O. The summed E-state index contributed by atoms with van der Waals surface area (Å²) in [6.45, 7) is 2.22. The lowest BCUT2D eigenvalue weighted by Crippen LogP contribution is -2.03. The van der Waals surface area contributed by atoms with Crippen molar-refractivity contribution in [2.24, 2.45) is 5.92 Å². The van der Waals surface area contributed by atoms with E-state index < -0.39 is 0 Å². The van der Waals surface area contributed by atoms with E-state index in [1.165, 1.54) is 6.42 Å². The molecule has 0 N–H and O–H groups in total. The van der Waals surface area contributed by atoms with Crippen LogP contribution in [0, 0.1) is 5.92 Å².